The maximum atomic E-state index is 4.34. The van der Waals surface area contributed by atoms with Gasteiger partial charge in [-0.3, -0.25) is 0 Å². The van der Waals surface area contributed by atoms with Gasteiger partial charge in [-0.2, -0.15) is 0 Å². The molecule has 1 N–H and O–H groups in total. The lowest BCUT2D eigenvalue weighted by atomic mass is 9.95. The SMILES string of the molecule is CCC(CC)C(C)n1nnc2c1CCNC2. The molecule has 0 bridgehead atoms. The molecule has 2 rings (SSSR count). The van der Waals surface area contributed by atoms with Gasteiger partial charge in [0.2, 0.25) is 0 Å². The second-order valence-electron chi connectivity index (χ2n) is 4.67. The maximum absolute atomic E-state index is 4.34. The quantitative estimate of drug-likeness (QED) is 0.846. The molecule has 16 heavy (non-hydrogen) atoms. The van der Waals surface area contributed by atoms with Crippen molar-refractivity contribution in [1.29, 1.82) is 0 Å². The molecule has 1 unspecified atom stereocenters. The number of nitrogens with zero attached hydrogens (tertiary/aromatic N) is 3. The predicted molar refractivity (Wildman–Crippen MR) is 64.2 cm³/mol. The first-order chi connectivity index (χ1) is 7.77. The molecule has 1 aliphatic heterocycles. The highest BCUT2D eigenvalue weighted by Gasteiger charge is 2.23. The summed E-state index contributed by atoms with van der Waals surface area (Å²) >= 11 is 0. The predicted octanol–water partition coefficient (Wildman–Crippen LogP) is 1.92. The minimum atomic E-state index is 0.476. The van der Waals surface area contributed by atoms with Crippen molar-refractivity contribution in [3.63, 3.8) is 0 Å². The summed E-state index contributed by atoms with van der Waals surface area (Å²) in [6.07, 6.45) is 3.49. The first kappa shape index (κ1) is 11.6. The van der Waals surface area contributed by atoms with Crippen molar-refractivity contribution < 1.29 is 0 Å². The van der Waals surface area contributed by atoms with Gasteiger partial charge in [0.05, 0.1) is 17.4 Å². The van der Waals surface area contributed by atoms with E-state index in [0.717, 1.165) is 25.2 Å². The molecule has 0 aliphatic carbocycles. The van der Waals surface area contributed by atoms with Crippen LogP contribution in [0.2, 0.25) is 0 Å². The monoisotopic (exact) mass is 222 g/mol. The van der Waals surface area contributed by atoms with Crippen molar-refractivity contribution in [2.75, 3.05) is 6.54 Å². The zero-order chi connectivity index (χ0) is 11.5. The van der Waals surface area contributed by atoms with E-state index in [1.165, 1.54) is 18.5 Å². The van der Waals surface area contributed by atoms with Crippen molar-refractivity contribution in [3.05, 3.63) is 11.4 Å². The highest BCUT2D eigenvalue weighted by Crippen LogP contribution is 2.26. The molecule has 0 spiro atoms. The van der Waals surface area contributed by atoms with Gasteiger partial charge in [0.1, 0.15) is 0 Å². The fraction of sp³-hybridized carbons (Fsp3) is 0.833. The molecular formula is C12H22N4. The second kappa shape index (κ2) is 4.95. The summed E-state index contributed by atoms with van der Waals surface area (Å²) < 4.78 is 2.16. The van der Waals surface area contributed by atoms with E-state index in [0.29, 0.717) is 12.0 Å². The Morgan fingerprint density at radius 2 is 2.12 bits per heavy atom. The first-order valence-corrected chi connectivity index (χ1v) is 6.41. The third-order valence-corrected chi connectivity index (χ3v) is 3.82. The molecule has 0 fully saturated rings. The Balaban J connectivity index is 2.22. The van der Waals surface area contributed by atoms with Gasteiger partial charge in [-0.15, -0.1) is 5.10 Å². The minimum Gasteiger partial charge on any atom is -0.311 e. The summed E-state index contributed by atoms with van der Waals surface area (Å²) in [6.45, 7) is 8.72. The van der Waals surface area contributed by atoms with Gasteiger partial charge in [0, 0.05) is 19.5 Å². The summed E-state index contributed by atoms with van der Waals surface area (Å²) in [5.41, 5.74) is 2.49. The molecule has 1 atom stereocenters. The number of fused-ring (bicyclic) bond motifs is 1. The van der Waals surface area contributed by atoms with Crippen LogP contribution in [0.5, 0.6) is 0 Å². The van der Waals surface area contributed by atoms with E-state index in [9.17, 15) is 0 Å². The molecule has 0 saturated carbocycles. The topological polar surface area (TPSA) is 42.7 Å². The number of hydrogen-bond donors (Lipinski definition) is 1. The average molecular weight is 222 g/mol. The lowest BCUT2D eigenvalue weighted by molar-refractivity contribution is 0.299. The third-order valence-electron chi connectivity index (χ3n) is 3.82. The molecule has 1 aliphatic rings. The van der Waals surface area contributed by atoms with Crippen LogP contribution in [0.1, 0.15) is 51.0 Å². The maximum Gasteiger partial charge on any atom is 0.0997 e. The van der Waals surface area contributed by atoms with E-state index in [-0.39, 0.29) is 0 Å². The Kier molecular flexibility index (Phi) is 3.59. The van der Waals surface area contributed by atoms with Crippen LogP contribution < -0.4 is 5.32 Å². The Morgan fingerprint density at radius 1 is 1.38 bits per heavy atom. The highest BCUT2D eigenvalue weighted by molar-refractivity contribution is 5.14. The molecule has 90 valence electrons. The number of nitrogens with one attached hydrogen (secondary N) is 1. The second-order valence-corrected chi connectivity index (χ2v) is 4.67. The number of hydrogen-bond acceptors (Lipinski definition) is 3. The third kappa shape index (κ3) is 1.98. The van der Waals surface area contributed by atoms with Crippen LogP contribution >= 0.6 is 0 Å². The molecule has 0 radical (unpaired) electrons. The molecule has 0 saturated heterocycles. The highest BCUT2D eigenvalue weighted by atomic mass is 15.4. The van der Waals surface area contributed by atoms with Gasteiger partial charge < -0.3 is 5.32 Å². The Labute approximate surface area is 97.4 Å². The van der Waals surface area contributed by atoms with Crippen molar-refractivity contribution in [2.24, 2.45) is 5.92 Å². The van der Waals surface area contributed by atoms with Gasteiger partial charge in [0.25, 0.3) is 0 Å². The van der Waals surface area contributed by atoms with Crippen molar-refractivity contribution in [3.8, 4) is 0 Å². The molecule has 1 aromatic heterocycles. The molecule has 4 heteroatoms. The smallest absolute Gasteiger partial charge is 0.0997 e. The van der Waals surface area contributed by atoms with Gasteiger partial charge in [0.15, 0.2) is 0 Å². The summed E-state index contributed by atoms with van der Waals surface area (Å²) in [5, 5.41) is 12.0. The van der Waals surface area contributed by atoms with Crippen molar-refractivity contribution >= 4 is 0 Å². The molecule has 0 aromatic carbocycles. The van der Waals surface area contributed by atoms with E-state index in [1.54, 1.807) is 0 Å². The van der Waals surface area contributed by atoms with Crippen molar-refractivity contribution in [2.45, 2.75) is 52.6 Å². The van der Waals surface area contributed by atoms with E-state index < -0.39 is 0 Å². The van der Waals surface area contributed by atoms with Gasteiger partial charge in [-0.1, -0.05) is 31.9 Å². The normalized spacial score (nSPS) is 17.5. The van der Waals surface area contributed by atoms with Crippen LogP contribution in [0.4, 0.5) is 0 Å². The van der Waals surface area contributed by atoms with E-state index in [2.05, 4.69) is 41.1 Å². The number of aromatic nitrogens is 3. The number of rotatable bonds is 4. The summed E-state index contributed by atoms with van der Waals surface area (Å²) in [6, 6.07) is 0.476. The zero-order valence-electron chi connectivity index (χ0n) is 10.5. The summed E-state index contributed by atoms with van der Waals surface area (Å²) in [7, 11) is 0. The minimum absolute atomic E-state index is 0.476. The summed E-state index contributed by atoms with van der Waals surface area (Å²) in [5.74, 6) is 0.709. The van der Waals surface area contributed by atoms with Crippen LogP contribution in [-0.2, 0) is 13.0 Å². The lowest BCUT2D eigenvalue weighted by Gasteiger charge is -2.24. The van der Waals surface area contributed by atoms with E-state index >= 15 is 0 Å². The first-order valence-electron chi connectivity index (χ1n) is 6.41. The Bertz CT molecular complexity index is 341. The van der Waals surface area contributed by atoms with E-state index in [1.807, 2.05) is 0 Å². The van der Waals surface area contributed by atoms with Crippen molar-refractivity contribution in [1.82, 2.24) is 20.3 Å². The van der Waals surface area contributed by atoms with E-state index in [4.69, 9.17) is 0 Å². The van der Waals surface area contributed by atoms with Crippen LogP contribution in [-0.4, -0.2) is 21.5 Å². The Hall–Kier alpha value is -0.900. The largest absolute Gasteiger partial charge is 0.311 e. The van der Waals surface area contributed by atoms with Gasteiger partial charge >= 0.3 is 0 Å². The van der Waals surface area contributed by atoms with Crippen LogP contribution in [0.3, 0.4) is 0 Å². The van der Waals surface area contributed by atoms with Gasteiger partial charge in [-0.05, 0) is 12.8 Å². The van der Waals surface area contributed by atoms with Crippen LogP contribution in [0, 0.1) is 5.92 Å². The van der Waals surface area contributed by atoms with Crippen LogP contribution in [0.15, 0.2) is 0 Å². The molecule has 2 heterocycles. The fourth-order valence-electron chi connectivity index (χ4n) is 2.65. The standard InChI is InChI=1S/C12H22N4/c1-4-10(5-2)9(3)16-12-6-7-13-8-11(12)14-15-16/h9-10,13H,4-8H2,1-3H3. The fourth-order valence-corrected chi connectivity index (χ4v) is 2.65. The lowest BCUT2D eigenvalue weighted by Crippen LogP contribution is -2.27. The molecule has 0 amide bonds. The Morgan fingerprint density at radius 3 is 2.81 bits per heavy atom. The van der Waals surface area contributed by atoms with Gasteiger partial charge in [-0.25, -0.2) is 4.68 Å². The zero-order valence-corrected chi connectivity index (χ0v) is 10.5. The molecular weight excluding hydrogens is 200 g/mol. The average Bonchev–Trinajstić information content (AvgIpc) is 2.74. The molecule has 1 aromatic rings. The van der Waals surface area contributed by atoms with Crippen LogP contribution in [0.25, 0.3) is 0 Å². The molecule has 4 nitrogen and oxygen atoms in total. The summed E-state index contributed by atoms with van der Waals surface area (Å²) in [4.78, 5) is 0.